The van der Waals surface area contributed by atoms with E-state index in [2.05, 4.69) is 0 Å². The molecule has 1 fully saturated rings. The van der Waals surface area contributed by atoms with Crippen LogP contribution in [0.4, 0.5) is 17.6 Å². The Morgan fingerprint density at radius 2 is 1.43 bits per heavy atom. The van der Waals surface area contributed by atoms with Crippen molar-refractivity contribution >= 4 is 11.8 Å². The Hall–Kier alpha value is -0.910. The Labute approximate surface area is 132 Å². The summed E-state index contributed by atoms with van der Waals surface area (Å²) in [6.07, 6.45) is -6.54. The fourth-order valence-corrected chi connectivity index (χ4v) is 3.22. The minimum absolute atomic E-state index is 0.103. The summed E-state index contributed by atoms with van der Waals surface area (Å²) >= 11 is 0.103. The summed E-state index contributed by atoms with van der Waals surface area (Å²) in [5.41, 5.74) is -2.39. The number of rotatable bonds is 3. The molecule has 0 amide bonds. The molecule has 0 radical (unpaired) electrons. The number of benzene rings is 1. The van der Waals surface area contributed by atoms with Crippen molar-refractivity contribution in [2.24, 2.45) is 0 Å². The Morgan fingerprint density at radius 3 is 1.91 bits per heavy atom. The predicted molar refractivity (Wildman–Crippen MR) is 70.6 cm³/mol. The molecule has 0 aromatic heterocycles. The van der Waals surface area contributed by atoms with Crippen LogP contribution in [0.3, 0.4) is 0 Å². The van der Waals surface area contributed by atoms with E-state index in [1.54, 1.807) is 0 Å². The van der Waals surface area contributed by atoms with Crippen molar-refractivity contribution in [2.75, 3.05) is 6.61 Å². The molecule has 1 aliphatic heterocycles. The van der Waals surface area contributed by atoms with Gasteiger partial charge in [0.1, 0.15) is 29.9 Å². The third kappa shape index (κ3) is 3.19. The van der Waals surface area contributed by atoms with Crippen molar-refractivity contribution in [1.82, 2.24) is 0 Å². The van der Waals surface area contributed by atoms with Gasteiger partial charge in [0.25, 0.3) is 0 Å². The zero-order chi connectivity index (χ0) is 17.5. The van der Waals surface area contributed by atoms with Crippen molar-refractivity contribution in [3.8, 4) is 0 Å². The van der Waals surface area contributed by atoms with Crippen LogP contribution in [0, 0.1) is 30.2 Å². The highest BCUT2D eigenvalue weighted by molar-refractivity contribution is 7.99. The molecule has 23 heavy (non-hydrogen) atoms. The fraction of sp³-hybridized carbons (Fsp3) is 0.538. The number of hydrogen-bond donors (Lipinski definition) is 4. The van der Waals surface area contributed by atoms with Gasteiger partial charge in [0, 0.05) is 5.56 Å². The Balaban J connectivity index is 2.35. The van der Waals surface area contributed by atoms with E-state index in [1.807, 2.05) is 0 Å². The molecule has 0 aliphatic carbocycles. The molecule has 5 atom stereocenters. The summed E-state index contributed by atoms with van der Waals surface area (Å²) in [4.78, 5) is -1.07. The first kappa shape index (κ1) is 18.4. The highest BCUT2D eigenvalue weighted by Gasteiger charge is 2.44. The lowest BCUT2D eigenvalue weighted by Crippen LogP contribution is -2.57. The van der Waals surface area contributed by atoms with Gasteiger partial charge in [0.05, 0.1) is 11.5 Å². The molecule has 0 spiro atoms. The van der Waals surface area contributed by atoms with Gasteiger partial charge in [-0.3, -0.25) is 0 Å². The summed E-state index contributed by atoms with van der Waals surface area (Å²) in [6.45, 7) is 0.114. The maximum absolute atomic E-state index is 13.8. The lowest BCUT2D eigenvalue weighted by atomic mass is 10.0. The van der Waals surface area contributed by atoms with Gasteiger partial charge in [-0.2, -0.15) is 0 Å². The lowest BCUT2D eigenvalue weighted by Gasteiger charge is -2.39. The van der Waals surface area contributed by atoms with Crippen LogP contribution in [0.1, 0.15) is 5.56 Å². The van der Waals surface area contributed by atoms with Gasteiger partial charge in [-0.05, 0) is 6.92 Å². The minimum Gasteiger partial charge on any atom is -0.394 e. The first-order chi connectivity index (χ1) is 10.7. The van der Waals surface area contributed by atoms with Gasteiger partial charge in [-0.25, -0.2) is 17.6 Å². The molecule has 0 bridgehead atoms. The van der Waals surface area contributed by atoms with E-state index in [9.17, 15) is 32.9 Å². The van der Waals surface area contributed by atoms with Gasteiger partial charge in [-0.1, -0.05) is 11.8 Å². The van der Waals surface area contributed by atoms with E-state index >= 15 is 0 Å². The Bertz CT molecular complexity index is 571. The molecule has 2 rings (SSSR count). The fourth-order valence-electron chi connectivity index (χ4n) is 2.11. The van der Waals surface area contributed by atoms with E-state index in [-0.39, 0.29) is 11.8 Å². The molecule has 1 heterocycles. The second-order valence-corrected chi connectivity index (χ2v) is 6.13. The number of thioether (sulfide) groups is 1. The average Bonchev–Trinajstić information content (AvgIpc) is 2.54. The molecule has 1 aromatic carbocycles. The zero-order valence-electron chi connectivity index (χ0n) is 11.7. The van der Waals surface area contributed by atoms with Gasteiger partial charge in [0.15, 0.2) is 23.3 Å². The maximum Gasteiger partial charge on any atom is 0.175 e. The topological polar surface area (TPSA) is 90.2 Å². The molecule has 10 heteroatoms. The first-order valence-electron chi connectivity index (χ1n) is 6.50. The number of aliphatic hydroxyl groups excluding tert-OH is 4. The van der Waals surface area contributed by atoms with Crippen molar-refractivity contribution in [2.45, 2.75) is 41.7 Å². The van der Waals surface area contributed by atoms with E-state index < -0.39 is 70.2 Å². The normalized spacial score (nSPS) is 31.4. The summed E-state index contributed by atoms with van der Waals surface area (Å²) < 4.78 is 59.8. The van der Waals surface area contributed by atoms with Crippen molar-refractivity contribution < 1.29 is 42.7 Å². The van der Waals surface area contributed by atoms with Gasteiger partial charge in [-0.15, -0.1) is 0 Å². The van der Waals surface area contributed by atoms with Crippen LogP contribution in [0.5, 0.6) is 0 Å². The van der Waals surface area contributed by atoms with Crippen LogP contribution in [0.25, 0.3) is 0 Å². The van der Waals surface area contributed by atoms with Crippen LogP contribution in [0.15, 0.2) is 4.90 Å². The molecule has 1 aliphatic rings. The maximum atomic E-state index is 13.8. The molecule has 5 nitrogen and oxygen atoms in total. The molecule has 0 saturated carbocycles. The van der Waals surface area contributed by atoms with E-state index in [4.69, 9.17) is 9.84 Å². The smallest absolute Gasteiger partial charge is 0.175 e. The van der Waals surface area contributed by atoms with E-state index in [0.717, 1.165) is 6.92 Å². The minimum atomic E-state index is -1.80. The molecule has 1 saturated heterocycles. The van der Waals surface area contributed by atoms with Crippen molar-refractivity contribution in [3.05, 3.63) is 28.8 Å². The van der Waals surface area contributed by atoms with Crippen molar-refractivity contribution in [3.63, 3.8) is 0 Å². The predicted octanol–water partition coefficient (Wildman–Crippen LogP) is 0.443. The monoisotopic (exact) mass is 358 g/mol. The summed E-state index contributed by atoms with van der Waals surface area (Å²) in [5.74, 6) is -6.50. The summed E-state index contributed by atoms with van der Waals surface area (Å²) in [6, 6.07) is 0. The average molecular weight is 358 g/mol. The van der Waals surface area contributed by atoms with Crippen LogP contribution < -0.4 is 0 Å². The summed E-state index contributed by atoms with van der Waals surface area (Å²) in [5, 5.41) is 38.0. The number of hydrogen-bond acceptors (Lipinski definition) is 6. The SMILES string of the molecule is Cc1c(F)c(F)c(SC2OC(CO)C(O)C(O)C2O)c(F)c1F. The second kappa shape index (κ2) is 6.91. The highest BCUT2D eigenvalue weighted by atomic mass is 32.2. The molecule has 5 unspecified atom stereocenters. The summed E-state index contributed by atoms with van der Waals surface area (Å²) in [7, 11) is 0. The van der Waals surface area contributed by atoms with Crippen LogP contribution in [-0.4, -0.2) is 56.9 Å². The van der Waals surface area contributed by atoms with Gasteiger partial charge >= 0.3 is 0 Å². The number of halogens is 4. The van der Waals surface area contributed by atoms with E-state index in [0.29, 0.717) is 0 Å². The number of aliphatic hydroxyl groups is 4. The zero-order valence-corrected chi connectivity index (χ0v) is 12.5. The Kier molecular flexibility index (Phi) is 5.54. The number of ether oxygens (including phenoxy) is 1. The largest absolute Gasteiger partial charge is 0.394 e. The van der Waals surface area contributed by atoms with Gasteiger partial charge in [0.2, 0.25) is 0 Å². The first-order valence-corrected chi connectivity index (χ1v) is 7.38. The van der Waals surface area contributed by atoms with Crippen molar-refractivity contribution in [1.29, 1.82) is 0 Å². The lowest BCUT2D eigenvalue weighted by molar-refractivity contribution is -0.205. The van der Waals surface area contributed by atoms with Gasteiger partial charge < -0.3 is 25.2 Å². The van der Waals surface area contributed by atoms with Crippen LogP contribution in [0.2, 0.25) is 0 Å². The molecule has 130 valence electrons. The third-order valence-electron chi connectivity index (χ3n) is 3.53. The highest BCUT2D eigenvalue weighted by Crippen LogP contribution is 2.38. The molecular weight excluding hydrogens is 344 g/mol. The second-order valence-electron chi connectivity index (χ2n) is 5.03. The third-order valence-corrected chi connectivity index (χ3v) is 4.74. The van der Waals surface area contributed by atoms with Crippen LogP contribution in [-0.2, 0) is 4.74 Å². The molecule has 1 aromatic rings. The standard InChI is InChI=1S/C13H14F4O5S/c1-3-5(14)7(16)12(8(17)6(3)15)23-13-11(21)10(20)9(19)4(2-18)22-13/h4,9-11,13,18-21H,2H2,1H3. The van der Waals surface area contributed by atoms with E-state index in [1.165, 1.54) is 0 Å². The quantitative estimate of drug-likeness (QED) is 0.463. The molecular formula is C13H14F4O5S. The molecule has 4 N–H and O–H groups in total. The Morgan fingerprint density at radius 1 is 0.913 bits per heavy atom. The van der Waals surface area contributed by atoms with Crippen LogP contribution >= 0.6 is 11.8 Å².